The van der Waals surface area contributed by atoms with Gasteiger partial charge in [-0.25, -0.2) is 0 Å². The summed E-state index contributed by atoms with van der Waals surface area (Å²) < 4.78 is 0. The number of amides is 1. The number of hydrogen-bond donors (Lipinski definition) is 2. The normalized spacial score (nSPS) is 13.8. The van der Waals surface area contributed by atoms with Gasteiger partial charge >= 0.3 is 0 Å². The van der Waals surface area contributed by atoms with Crippen LogP contribution < -0.4 is 10.6 Å². The maximum Gasteiger partial charge on any atom is 0.251 e. The molecule has 2 N–H and O–H groups in total. The van der Waals surface area contributed by atoms with Crippen LogP contribution in [0.15, 0.2) is 48.5 Å². The zero-order chi connectivity index (χ0) is 14.7. The number of nitrogens with one attached hydrogen (secondary N) is 2. The molecule has 21 heavy (non-hydrogen) atoms. The molecule has 0 saturated carbocycles. The first-order valence-corrected chi connectivity index (χ1v) is 7.39. The lowest BCUT2D eigenvalue weighted by Gasteiger charge is -2.12. The van der Waals surface area contributed by atoms with Crippen molar-refractivity contribution in [2.24, 2.45) is 5.92 Å². The molecule has 108 valence electrons. The summed E-state index contributed by atoms with van der Waals surface area (Å²) in [6, 6.07) is 16.3. The number of benzene rings is 2. The lowest BCUT2D eigenvalue weighted by Crippen LogP contribution is -2.18. The fourth-order valence-corrected chi connectivity index (χ4v) is 2.94. The Morgan fingerprint density at radius 1 is 1.05 bits per heavy atom. The fourth-order valence-electron chi connectivity index (χ4n) is 2.94. The molecule has 0 unspecified atom stereocenters. The Bertz CT molecular complexity index is 609. The second-order valence-electron chi connectivity index (χ2n) is 5.58. The van der Waals surface area contributed by atoms with Gasteiger partial charge in [0.2, 0.25) is 0 Å². The van der Waals surface area contributed by atoms with Crippen molar-refractivity contribution in [3.05, 3.63) is 65.2 Å². The first kappa shape index (κ1) is 13.7. The summed E-state index contributed by atoms with van der Waals surface area (Å²) in [6.07, 6.45) is 2.30. The Kier molecular flexibility index (Phi) is 3.91. The van der Waals surface area contributed by atoms with Gasteiger partial charge in [-0.2, -0.15) is 0 Å². The molecule has 0 fully saturated rings. The van der Waals surface area contributed by atoms with Gasteiger partial charge in [0.1, 0.15) is 0 Å². The Labute approximate surface area is 125 Å². The van der Waals surface area contributed by atoms with Crippen molar-refractivity contribution >= 4 is 11.6 Å². The summed E-state index contributed by atoms with van der Waals surface area (Å²) >= 11 is 0. The van der Waals surface area contributed by atoms with Crippen LogP contribution >= 0.6 is 0 Å². The van der Waals surface area contributed by atoms with E-state index in [1.807, 2.05) is 24.3 Å². The van der Waals surface area contributed by atoms with Crippen molar-refractivity contribution in [2.75, 3.05) is 18.9 Å². The Morgan fingerprint density at radius 3 is 2.24 bits per heavy atom. The smallest absolute Gasteiger partial charge is 0.251 e. The molecule has 0 aromatic heterocycles. The number of carbonyl (C=O) groups is 1. The van der Waals surface area contributed by atoms with Gasteiger partial charge in [0.05, 0.1) is 0 Å². The maximum absolute atomic E-state index is 11.5. The highest BCUT2D eigenvalue weighted by molar-refractivity contribution is 5.94. The summed E-state index contributed by atoms with van der Waals surface area (Å²) in [7, 11) is 1.65. The number of carbonyl (C=O) groups excluding carboxylic acids is 1. The van der Waals surface area contributed by atoms with E-state index in [0.717, 1.165) is 25.1 Å². The molecule has 0 aliphatic heterocycles. The lowest BCUT2D eigenvalue weighted by molar-refractivity contribution is 0.0963. The van der Waals surface area contributed by atoms with E-state index < -0.39 is 0 Å². The lowest BCUT2D eigenvalue weighted by atomic mass is 10.1. The number of fused-ring (bicyclic) bond motifs is 1. The van der Waals surface area contributed by atoms with Crippen LogP contribution in [0.25, 0.3) is 0 Å². The summed E-state index contributed by atoms with van der Waals surface area (Å²) in [5, 5.41) is 6.10. The highest BCUT2D eigenvalue weighted by Crippen LogP contribution is 2.26. The monoisotopic (exact) mass is 280 g/mol. The average molecular weight is 280 g/mol. The first-order chi connectivity index (χ1) is 10.3. The van der Waals surface area contributed by atoms with E-state index in [9.17, 15) is 4.79 Å². The third-order valence-corrected chi connectivity index (χ3v) is 4.10. The van der Waals surface area contributed by atoms with E-state index in [0.29, 0.717) is 11.5 Å². The van der Waals surface area contributed by atoms with Crippen molar-refractivity contribution < 1.29 is 4.79 Å². The summed E-state index contributed by atoms with van der Waals surface area (Å²) in [4.78, 5) is 11.5. The Morgan fingerprint density at radius 2 is 1.67 bits per heavy atom. The van der Waals surface area contributed by atoms with E-state index in [1.165, 1.54) is 11.1 Å². The molecule has 0 spiro atoms. The van der Waals surface area contributed by atoms with E-state index in [-0.39, 0.29) is 5.91 Å². The molecule has 1 aliphatic carbocycles. The van der Waals surface area contributed by atoms with Crippen molar-refractivity contribution in [3.63, 3.8) is 0 Å². The van der Waals surface area contributed by atoms with E-state index >= 15 is 0 Å². The number of rotatable bonds is 4. The van der Waals surface area contributed by atoms with E-state index in [1.54, 1.807) is 7.05 Å². The van der Waals surface area contributed by atoms with Gasteiger partial charge in [0.15, 0.2) is 0 Å². The molecule has 0 heterocycles. The summed E-state index contributed by atoms with van der Waals surface area (Å²) in [5.74, 6) is 0.605. The molecule has 0 bridgehead atoms. The SMILES string of the molecule is CNC(=O)c1ccc(NCC2Cc3ccccc3C2)cc1. The van der Waals surface area contributed by atoms with Crippen LogP contribution in [-0.2, 0) is 12.8 Å². The van der Waals surface area contributed by atoms with Gasteiger partial charge < -0.3 is 10.6 Å². The fraction of sp³-hybridized carbons (Fsp3) is 0.278. The van der Waals surface area contributed by atoms with E-state index in [4.69, 9.17) is 0 Å². The molecule has 3 heteroatoms. The highest BCUT2D eigenvalue weighted by Gasteiger charge is 2.20. The third-order valence-electron chi connectivity index (χ3n) is 4.10. The van der Waals surface area contributed by atoms with Crippen molar-refractivity contribution in [1.29, 1.82) is 0 Å². The molecule has 3 rings (SSSR count). The van der Waals surface area contributed by atoms with Crippen molar-refractivity contribution in [3.8, 4) is 0 Å². The van der Waals surface area contributed by atoms with Gasteiger partial charge in [0.25, 0.3) is 5.91 Å². The molecule has 0 saturated heterocycles. The highest BCUT2D eigenvalue weighted by atomic mass is 16.1. The largest absolute Gasteiger partial charge is 0.385 e. The molecule has 1 amide bonds. The molecule has 2 aromatic rings. The van der Waals surface area contributed by atoms with Crippen molar-refractivity contribution in [1.82, 2.24) is 5.32 Å². The second-order valence-corrected chi connectivity index (χ2v) is 5.58. The van der Waals surface area contributed by atoms with Gasteiger partial charge in [-0.1, -0.05) is 24.3 Å². The second kappa shape index (κ2) is 6.00. The minimum atomic E-state index is -0.0483. The molecular weight excluding hydrogens is 260 g/mol. The molecule has 1 aliphatic rings. The minimum absolute atomic E-state index is 0.0483. The molecule has 0 radical (unpaired) electrons. The maximum atomic E-state index is 11.5. The van der Waals surface area contributed by atoms with Gasteiger partial charge in [0, 0.05) is 24.8 Å². The van der Waals surface area contributed by atoms with Crippen LogP contribution in [0.3, 0.4) is 0 Å². The summed E-state index contributed by atoms with van der Waals surface area (Å²) in [6.45, 7) is 0.966. The van der Waals surface area contributed by atoms with Crippen LogP contribution in [0.5, 0.6) is 0 Å². The van der Waals surface area contributed by atoms with Crippen LogP contribution in [0.1, 0.15) is 21.5 Å². The molecule has 3 nitrogen and oxygen atoms in total. The topological polar surface area (TPSA) is 41.1 Å². The van der Waals surface area contributed by atoms with Crippen LogP contribution in [0.2, 0.25) is 0 Å². The van der Waals surface area contributed by atoms with Crippen LogP contribution in [0.4, 0.5) is 5.69 Å². The average Bonchev–Trinajstić information content (AvgIpc) is 2.95. The van der Waals surface area contributed by atoms with E-state index in [2.05, 4.69) is 34.9 Å². The number of hydrogen-bond acceptors (Lipinski definition) is 2. The number of anilines is 1. The molecule has 0 atom stereocenters. The standard InChI is InChI=1S/C18H20N2O/c1-19-18(21)14-6-8-17(9-7-14)20-12-13-10-15-4-2-3-5-16(15)11-13/h2-9,13,20H,10-12H2,1H3,(H,19,21). The Balaban J connectivity index is 1.56. The summed E-state index contributed by atoms with van der Waals surface area (Å²) in [5.41, 5.74) is 4.73. The van der Waals surface area contributed by atoms with Crippen molar-refractivity contribution in [2.45, 2.75) is 12.8 Å². The zero-order valence-corrected chi connectivity index (χ0v) is 12.2. The predicted molar refractivity (Wildman–Crippen MR) is 85.7 cm³/mol. The molecule has 2 aromatic carbocycles. The van der Waals surface area contributed by atoms with Crippen LogP contribution in [-0.4, -0.2) is 19.5 Å². The van der Waals surface area contributed by atoms with Gasteiger partial charge in [-0.3, -0.25) is 4.79 Å². The minimum Gasteiger partial charge on any atom is -0.385 e. The molecular formula is C18H20N2O. The van der Waals surface area contributed by atoms with Crippen LogP contribution in [0, 0.1) is 5.92 Å². The zero-order valence-electron chi connectivity index (χ0n) is 12.2. The third kappa shape index (κ3) is 3.07. The first-order valence-electron chi connectivity index (χ1n) is 7.39. The Hall–Kier alpha value is -2.29. The predicted octanol–water partition coefficient (Wildman–Crippen LogP) is 2.87. The van der Waals surface area contributed by atoms with Gasteiger partial charge in [-0.05, 0) is 54.2 Å². The van der Waals surface area contributed by atoms with Gasteiger partial charge in [-0.15, -0.1) is 0 Å². The quantitative estimate of drug-likeness (QED) is 0.904.